The molecule has 0 aliphatic carbocycles. The van der Waals surface area contributed by atoms with Crippen LogP contribution in [-0.2, 0) is 0 Å². The highest BCUT2D eigenvalue weighted by Gasteiger charge is 2.20. The van der Waals surface area contributed by atoms with Gasteiger partial charge >= 0.3 is 0 Å². The molecular weight excluding hydrogens is 250 g/mol. The van der Waals surface area contributed by atoms with Crippen LogP contribution in [0, 0.1) is 13.8 Å². The van der Waals surface area contributed by atoms with E-state index in [9.17, 15) is 0 Å². The molecule has 92 valence electrons. The van der Waals surface area contributed by atoms with E-state index in [0.717, 1.165) is 21.4 Å². The summed E-state index contributed by atoms with van der Waals surface area (Å²) in [6.45, 7) is 8.35. The third-order valence-electron chi connectivity index (χ3n) is 2.32. The quantitative estimate of drug-likeness (QED) is 0.923. The fourth-order valence-electron chi connectivity index (χ4n) is 1.63. The van der Waals surface area contributed by atoms with Gasteiger partial charge in [0.15, 0.2) is 0 Å². The summed E-state index contributed by atoms with van der Waals surface area (Å²) >= 11 is 3.38. The van der Waals surface area contributed by atoms with Crippen LogP contribution in [0.4, 0.5) is 0 Å². The van der Waals surface area contributed by atoms with Gasteiger partial charge in [0.2, 0.25) is 0 Å². The molecule has 2 aromatic rings. The maximum Gasteiger partial charge on any atom is 0.116 e. The van der Waals surface area contributed by atoms with Gasteiger partial charge in [-0.3, -0.25) is 0 Å². The van der Waals surface area contributed by atoms with E-state index in [2.05, 4.69) is 39.9 Å². The molecule has 2 heterocycles. The zero-order chi connectivity index (χ0) is 12.4. The molecule has 0 spiro atoms. The second-order valence-electron chi connectivity index (χ2n) is 4.37. The average molecular weight is 267 g/mol. The highest BCUT2D eigenvalue weighted by molar-refractivity contribution is 7.10. The van der Waals surface area contributed by atoms with Gasteiger partial charge in [-0.1, -0.05) is 0 Å². The summed E-state index contributed by atoms with van der Waals surface area (Å²) in [5.41, 5.74) is 2.16. The molecule has 0 aromatic carbocycles. The molecule has 0 aliphatic heterocycles. The predicted molar refractivity (Wildman–Crippen MR) is 73.8 cm³/mol. The SMILES string of the molecule is Cc1csc(C(NC(C)C)c2csc(C)n2)n1. The van der Waals surface area contributed by atoms with Crippen molar-refractivity contribution in [3.63, 3.8) is 0 Å². The molecule has 0 saturated carbocycles. The summed E-state index contributed by atoms with van der Waals surface area (Å²) < 4.78 is 0. The molecule has 0 bridgehead atoms. The standard InChI is InChI=1S/C12H17N3S2/c1-7(2)13-11(10-6-16-9(4)15-10)12-14-8(3)5-17-12/h5-7,11,13H,1-4H3. The Kier molecular flexibility index (Phi) is 3.91. The van der Waals surface area contributed by atoms with Crippen molar-refractivity contribution in [2.75, 3.05) is 0 Å². The minimum absolute atomic E-state index is 0.124. The van der Waals surface area contributed by atoms with E-state index in [0.29, 0.717) is 6.04 Å². The largest absolute Gasteiger partial charge is 0.301 e. The number of nitrogens with zero attached hydrogens (tertiary/aromatic N) is 2. The molecule has 1 unspecified atom stereocenters. The molecule has 17 heavy (non-hydrogen) atoms. The van der Waals surface area contributed by atoms with Gasteiger partial charge in [-0.15, -0.1) is 22.7 Å². The minimum Gasteiger partial charge on any atom is -0.301 e. The Balaban J connectivity index is 2.31. The highest BCUT2D eigenvalue weighted by atomic mass is 32.1. The number of nitrogens with one attached hydrogen (secondary N) is 1. The zero-order valence-electron chi connectivity index (χ0n) is 10.5. The van der Waals surface area contributed by atoms with Crippen molar-refractivity contribution >= 4 is 22.7 Å². The number of hydrogen-bond donors (Lipinski definition) is 1. The number of thiazole rings is 2. The Labute approximate surface area is 110 Å². The van der Waals surface area contributed by atoms with Crippen molar-refractivity contribution in [1.82, 2.24) is 15.3 Å². The second kappa shape index (κ2) is 5.25. The van der Waals surface area contributed by atoms with Gasteiger partial charge in [-0.2, -0.15) is 0 Å². The molecule has 1 atom stereocenters. The van der Waals surface area contributed by atoms with E-state index >= 15 is 0 Å². The first kappa shape index (κ1) is 12.7. The van der Waals surface area contributed by atoms with E-state index in [1.807, 2.05) is 13.8 Å². The lowest BCUT2D eigenvalue weighted by molar-refractivity contribution is 0.519. The van der Waals surface area contributed by atoms with E-state index in [4.69, 9.17) is 0 Å². The lowest BCUT2D eigenvalue weighted by Crippen LogP contribution is -2.29. The molecule has 1 N–H and O–H groups in total. The Morgan fingerprint density at radius 2 is 1.88 bits per heavy atom. The molecule has 0 saturated heterocycles. The lowest BCUT2D eigenvalue weighted by atomic mass is 10.2. The summed E-state index contributed by atoms with van der Waals surface area (Å²) in [6, 6.07) is 0.532. The van der Waals surface area contributed by atoms with Crippen LogP contribution >= 0.6 is 22.7 Å². The Bertz CT molecular complexity index is 447. The van der Waals surface area contributed by atoms with E-state index in [1.54, 1.807) is 22.7 Å². The van der Waals surface area contributed by atoms with Crippen molar-refractivity contribution in [3.05, 3.63) is 32.2 Å². The van der Waals surface area contributed by atoms with Gasteiger partial charge in [0, 0.05) is 22.5 Å². The number of aryl methyl sites for hydroxylation is 2. The maximum absolute atomic E-state index is 4.57. The highest BCUT2D eigenvalue weighted by Crippen LogP contribution is 2.26. The topological polar surface area (TPSA) is 37.8 Å². The van der Waals surface area contributed by atoms with Crippen LogP contribution in [0.2, 0.25) is 0 Å². The fraction of sp³-hybridized carbons (Fsp3) is 0.500. The Morgan fingerprint density at radius 1 is 1.12 bits per heavy atom. The van der Waals surface area contributed by atoms with Crippen molar-refractivity contribution in [2.24, 2.45) is 0 Å². The molecule has 3 nitrogen and oxygen atoms in total. The Morgan fingerprint density at radius 3 is 2.35 bits per heavy atom. The van der Waals surface area contributed by atoms with Crippen molar-refractivity contribution in [3.8, 4) is 0 Å². The van der Waals surface area contributed by atoms with Gasteiger partial charge in [-0.25, -0.2) is 9.97 Å². The number of aromatic nitrogens is 2. The molecule has 0 aliphatic rings. The van der Waals surface area contributed by atoms with Crippen LogP contribution < -0.4 is 5.32 Å². The van der Waals surface area contributed by atoms with E-state index in [1.165, 1.54) is 0 Å². The predicted octanol–water partition coefficient (Wildman–Crippen LogP) is 3.30. The second-order valence-corrected chi connectivity index (χ2v) is 6.32. The van der Waals surface area contributed by atoms with Crippen LogP contribution in [0.5, 0.6) is 0 Å². The summed E-state index contributed by atoms with van der Waals surface area (Å²) in [4.78, 5) is 9.14. The molecule has 2 rings (SSSR count). The molecule has 0 radical (unpaired) electrons. The van der Waals surface area contributed by atoms with Gasteiger partial charge in [-0.05, 0) is 27.7 Å². The fourth-order valence-corrected chi connectivity index (χ4v) is 3.14. The smallest absolute Gasteiger partial charge is 0.116 e. The normalized spacial score (nSPS) is 13.2. The van der Waals surface area contributed by atoms with Crippen LogP contribution in [0.3, 0.4) is 0 Å². The summed E-state index contributed by atoms with van der Waals surface area (Å²) in [6.07, 6.45) is 0. The lowest BCUT2D eigenvalue weighted by Gasteiger charge is -2.17. The molecule has 2 aromatic heterocycles. The van der Waals surface area contributed by atoms with Crippen molar-refractivity contribution < 1.29 is 0 Å². The van der Waals surface area contributed by atoms with Gasteiger partial charge in [0.1, 0.15) is 11.0 Å². The first-order valence-corrected chi connectivity index (χ1v) is 7.42. The van der Waals surface area contributed by atoms with E-state index < -0.39 is 0 Å². The summed E-state index contributed by atoms with van der Waals surface area (Å²) in [5, 5.41) is 9.93. The van der Waals surface area contributed by atoms with Crippen LogP contribution in [0.25, 0.3) is 0 Å². The molecule has 5 heteroatoms. The zero-order valence-corrected chi connectivity index (χ0v) is 12.2. The average Bonchev–Trinajstić information content (AvgIpc) is 2.84. The van der Waals surface area contributed by atoms with Gasteiger partial charge < -0.3 is 5.32 Å². The third-order valence-corrected chi connectivity index (χ3v) is 4.14. The van der Waals surface area contributed by atoms with Crippen LogP contribution in [-0.4, -0.2) is 16.0 Å². The number of rotatable bonds is 4. The monoisotopic (exact) mass is 267 g/mol. The summed E-state index contributed by atoms with van der Waals surface area (Å²) in [5.74, 6) is 0. The van der Waals surface area contributed by atoms with Gasteiger partial charge in [0.05, 0.1) is 10.7 Å². The first-order chi connectivity index (χ1) is 8.06. The van der Waals surface area contributed by atoms with E-state index in [-0.39, 0.29) is 6.04 Å². The van der Waals surface area contributed by atoms with Crippen molar-refractivity contribution in [2.45, 2.75) is 39.8 Å². The van der Waals surface area contributed by atoms with Crippen LogP contribution in [0.15, 0.2) is 10.8 Å². The molecule has 0 fully saturated rings. The minimum atomic E-state index is 0.124. The maximum atomic E-state index is 4.57. The third kappa shape index (κ3) is 3.12. The molecule has 0 amide bonds. The van der Waals surface area contributed by atoms with Gasteiger partial charge in [0.25, 0.3) is 0 Å². The Hall–Kier alpha value is -0.780. The summed E-state index contributed by atoms with van der Waals surface area (Å²) in [7, 11) is 0. The number of hydrogen-bond acceptors (Lipinski definition) is 5. The van der Waals surface area contributed by atoms with Crippen LogP contribution in [0.1, 0.15) is 41.3 Å². The first-order valence-electron chi connectivity index (χ1n) is 5.66. The molecular formula is C12H17N3S2. The van der Waals surface area contributed by atoms with Crippen molar-refractivity contribution in [1.29, 1.82) is 0 Å².